The smallest absolute Gasteiger partial charge is 0.349 e. The molecule has 0 saturated carbocycles. The molecule has 1 unspecified atom stereocenters. The molecule has 4 heteroatoms. The van der Waals surface area contributed by atoms with E-state index in [1.54, 1.807) is 12.1 Å². The molecule has 1 atom stereocenters. The fourth-order valence-corrected chi connectivity index (χ4v) is 3.02. The summed E-state index contributed by atoms with van der Waals surface area (Å²) >= 11 is 3.51. The van der Waals surface area contributed by atoms with Crippen LogP contribution in [0.5, 0.6) is 5.75 Å². The van der Waals surface area contributed by atoms with Crippen LogP contribution in [0, 0.1) is 6.92 Å². The second kappa shape index (κ2) is 6.75. The third-order valence-corrected chi connectivity index (χ3v) is 4.07. The lowest BCUT2D eigenvalue weighted by atomic mass is 9.85. The third kappa shape index (κ3) is 4.14. The molecule has 0 aromatic heterocycles. The summed E-state index contributed by atoms with van der Waals surface area (Å²) in [5.41, 5.74) is 2.35. The van der Waals surface area contributed by atoms with E-state index in [1.165, 1.54) is 0 Å². The van der Waals surface area contributed by atoms with Gasteiger partial charge < -0.3 is 9.84 Å². The summed E-state index contributed by atoms with van der Waals surface area (Å²) in [7, 11) is 0. The number of benzene rings is 2. The summed E-state index contributed by atoms with van der Waals surface area (Å²) in [6, 6.07) is 12.9. The molecule has 0 aliphatic carbocycles. The lowest BCUT2D eigenvalue weighted by Gasteiger charge is -2.27. The lowest BCUT2D eigenvalue weighted by Crippen LogP contribution is -2.21. The van der Waals surface area contributed by atoms with Crippen molar-refractivity contribution >= 4 is 21.9 Å². The minimum absolute atomic E-state index is 0.163. The Morgan fingerprint density at radius 2 is 1.78 bits per heavy atom. The normalized spacial score (nSPS) is 12.7. The van der Waals surface area contributed by atoms with Gasteiger partial charge in [0.25, 0.3) is 0 Å². The quantitative estimate of drug-likeness (QED) is 0.791. The maximum Gasteiger partial charge on any atom is 0.349 e. The first-order chi connectivity index (χ1) is 10.7. The molecule has 0 fully saturated rings. The highest BCUT2D eigenvalue weighted by Gasteiger charge is 2.27. The van der Waals surface area contributed by atoms with Crippen LogP contribution in [0.3, 0.4) is 0 Å². The molecular formula is C19H21BrO3. The van der Waals surface area contributed by atoms with Crippen molar-refractivity contribution in [2.45, 2.75) is 39.2 Å². The van der Waals surface area contributed by atoms with E-state index in [-0.39, 0.29) is 5.41 Å². The maximum atomic E-state index is 11.7. The number of ether oxygens (including phenoxy) is 1. The Hall–Kier alpha value is -1.81. The van der Waals surface area contributed by atoms with Gasteiger partial charge in [-0.1, -0.05) is 67.0 Å². The van der Waals surface area contributed by atoms with Gasteiger partial charge in [0, 0.05) is 15.6 Å². The number of halogens is 1. The topological polar surface area (TPSA) is 46.5 Å². The van der Waals surface area contributed by atoms with Gasteiger partial charge >= 0.3 is 5.97 Å². The van der Waals surface area contributed by atoms with Crippen molar-refractivity contribution in [3.63, 3.8) is 0 Å². The molecule has 0 aliphatic heterocycles. The first-order valence-corrected chi connectivity index (χ1v) is 8.24. The van der Waals surface area contributed by atoms with Crippen molar-refractivity contribution in [2.24, 2.45) is 0 Å². The maximum absolute atomic E-state index is 11.7. The Kier molecular flexibility index (Phi) is 5.15. The van der Waals surface area contributed by atoms with E-state index in [0.29, 0.717) is 11.3 Å². The van der Waals surface area contributed by atoms with E-state index < -0.39 is 12.1 Å². The summed E-state index contributed by atoms with van der Waals surface area (Å²) < 4.78 is 6.94. The second-order valence-corrected chi connectivity index (χ2v) is 7.51. The number of aryl methyl sites for hydroxylation is 1. The number of carboxylic acids is 1. The summed E-state index contributed by atoms with van der Waals surface area (Å²) in [6.07, 6.45) is -1.03. The van der Waals surface area contributed by atoms with Crippen LogP contribution < -0.4 is 4.74 Å². The van der Waals surface area contributed by atoms with Crippen LogP contribution >= 0.6 is 15.9 Å². The van der Waals surface area contributed by atoms with Gasteiger partial charge in [0.05, 0.1) is 0 Å². The van der Waals surface area contributed by atoms with Gasteiger partial charge in [0.2, 0.25) is 6.10 Å². The van der Waals surface area contributed by atoms with Crippen LogP contribution in [0.2, 0.25) is 0 Å². The third-order valence-electron chi connectivity index (χ3n) is 3.61. The minimum Gasteiger partial charge on any atom is -0.478 e. The number of aliphatic carboxylic acids is 1. The molecule has 3 nitrogen and oxygen atoms in total. The molecule has 0 saturated heterocycles. The molecule has 0 spiro atoms. The SMILES string of the molecule is Cc1cc(Br)cc(C(C)(C)C)c1OC(C(=O)O)c1ccccc1. The van der Waals surface area contributed by atoms with Gasteiger partial charge in [-0.25, -0.2) is 4.79 Å². The van der Waals surface area contributed by atoms with Crippen molar-refractivity contribution in [1.29, 1.82) is 0 Å². The summed E-state index contributed by atoms with van der Waals surface area (Å²) in [5, 5.41) is 9.59. The molecule has 0 heterocycles. The molecule has 0 aliphatic rings. The van der Waals surface area contributed by atoms with Crippen molar-refractivity contribution in [2.75, 3.05) is 0 Å². The van der Waals surface area contributed by atoms with E-state index in [4.69, 9.17) is 4.74 Å². The standard InChI is InChI=1S/C19H21BrO3/c1-12-10-14(20)11-15(19(2,3)4)16(12)23-17(18(21)22)13-8-6-5-7-9-13/h5-11,17H,1-4H3,(H,21,22). The van der Waals surface area contributed by atoms with Crippen molar-refractivity contribution in [3.8, 4) is 5.75 Å². The van der Waals surface area contributed by atoms with E-state index in [1.807, 2.05) is 37.3 Å². The Morgan fingerprint density at radius 3 is 2.30 bits per heavy atom. The van der Waals surface area contributed by atoms with Gasteiger partial charge in [-0.05, 0) is 30.0 Å². The Morgan fingerprint density at radius 1 is 1.17 bits per heavy atom. The van der Waals surface area contributed by atoms with E-state index in [9.17, 15) is 9.90 Å². The molecule has 122 valence electrons. The Labute approximate surface area is 145 Å². The Balaban J connectivity index is 2.51. The summed E-state index contributed by atoms with van der Waals surface area (Å²) in [5.74, 6) is -0.365. The molecular weight excluding hydrogens is 356 g/mol. The molecule has 2 aromatic rings. The van der Waals surface area contributed by atoms with Gasteiger partial charge in [-0.2, -0.15) is 0 Å². The summed E-state index contributed by atoms with van der Waals surface area (Å²) in [6.45, 7) is 8.18. The Bertz CT molecular complexity index is 703. The zero-order valence-corrected chi connectivity index (χ0v) is 15.3. The van der Waals surface area contributed by atoms with Crippen LogP contribution in [0.15, 0.2) is 46.9 Å². The zero-order chi connectivity index (χ0) is 17.2. The predicted molar refractivity (Wildman–Crippen MR) is 95.0 cm³/mol. The fourth-order valence-electron chi connectivity index (χ4n) is 2.45. The molecule has 2 rings (SSSR count). The van der Waals surface area contributed by atoms with Gasteiger partial charge in [-0.3, -0.25) is 0 Å². The average Bonchev–Trinajstić information content (AvgIpc) is 2.45. The number of hydrogen-bond donors (Lipinski definition) is 1. The predicted octanol–water partition coefficient (Wildman–Crippen LogP) is 5.26. The molecule has 0 bridgehead atoms. The van der Waals surface area contributed by atoms with Gasteiger partial charge in [0.1, 0.15) is 5.75 Å². The lowest BCUT2D eigenvalue weighted by molar-refractivity contribution is -0.145. The summed E-state index contributed by atoms with van der Waals surface area (Å²) in [4.78, 5) is 11.7. The van der Waals surface area contributed by atoms with Crippen molar-refractivity contribution in [3.05, 3.63) is 63.6 Å². The van der Waals surface area contributed by atoms with Crippen molar-refractivity contribution < 1.29 is 14.6 Å². The highest BCUT2D eigenvalue weighted by molar-refractivity contribution is 9.10. The fraction of sp³-hybridized carbons (Fsp3) is 0.316. The largest absolute Gasteiger partial charge is 0.478 e. The highest BCUT2D eigenvalue weighted by Crippen LogP contribution is 2.38. The van der Waals surface area contributed by atoms with Crippen LogP contribution in [0.1, 0.15) is 43.6 Å². The number of rotatable bonds is 4. The zero-order valence-electron chi connectivity index (χ0n) is 13.8. The average molecular weight is 377 g/mol. The minimum atomic E-state index is -1.03. The molecule has 1 N–H and O–H groups in total. The van der Waals surface area contributed by atoms with Crippen LogP contribution in [0.25, 0.3) is 0 Å². The van der Waals surface area contributed by atoms with Crippen LogP contribution in [-0.4, -0.2) is 11.1 Å². The van der Waals surface area contributed by atoms with E-state index >= 15 is 0 Å². The van der Waals surface area contributed by atoms with Gasteiger partial charge in [-0.15, -0.1) is 0 Å². The second-order valence-electron chi connectivity index (χ2n) is 6.60. The van der Waals surface area contributed by atoms with E-state index in [0.717, 1.165) is 15.6 Å². The number of hydrogen-bond acceptors (Lipinski definition) is 2. The van der Waals surface area contributed by atoms with Crippen LogP contribution in [-0.2, 0) is 10.2 Å². The van der Waals surface area contributed by atoms with Crippen LogP contribution in [0.4, 0.5) is 0 Å². The highest BCUT2D eigenvalue weighted by atomic mass is 79.9. The molecule has 0 amide bonds. The van der Waals surface area contributed by atoms with Crippen molar-refractivity contribution in [1.82, 2.24) is 0 Å². The first kappa shape index (κ1) is 17.5. The molecule has 23 heavy (non-hydrogen) atoms. The van der Waals surface area contributed by atoms with E-state index in [2.05, 4.69) is 36.7 Å². The first-order valence-electron chi connectivity index (χ1n) is 7.45. The number of carboxylic acid groups (broad SMARTS) is 1. The number of carbonyl (C=O) groups is 1. The molecule has 2 aromatic carbocycles. The molecule has 0 radical (unpaired) electrons. The monoisotopic (exact) mass is 376 g/mol. The van der Waals surface area contributed by atoms with Gasteiger partial charge in [0.15, 0.2) is 0 Å².